The lowest BCUT2D eigenvalue weighted by molar-refractivity contribution is -0.139. The van der Waals surface area contributed by atoms with Crippen molar-refractivity contribution in [1.82, 2.24) is 15.0 Å². The molecule has 3 N–H and O–H groups in total. The first-order chi connectivity index (χ1) is 15.4. The number of halogens is 2. The topological polar surface area (TPSA) is 124 Å². The standard InChI is InChI=1S/C22H15Cl2N5O3/c1-32-17(30)8-11-2-4-13(5-3-11)27-21-19-16(10-26-22(19)31)28-20(29-21)18-14(23)6-12(9-25)7-15(18)24/h2-7,10,26,31H,8H2,1H3,(H,27,28,29). The summed E-state index contributed by atoms with van der Waals surface area (Å²) in [6, 6.07) is 12.1. The quantitative estimate of drug-likeness (QED) is 0.354. The summed E-state index contributed by atoms with van der Waals surface area (Å²) < 4.78 is 4.68. The first-order valence-electron chi connectivity index (χ1n) is 9.30. The number of rotatable bonds is 5. The Kier molecular flexibility index (Phi) is 5.86. The molecular formula is C22H15Cl2N5O3. The van der Waals surface area contributed by atoms with E-state index >= 15 is 0 Å². The number of nitrogens with zero attached hydrogens (tertiary/aromatic N) is 3. The van der Waals surface area contributed by atoms with E-state index in [2.05, 4.69) is 25.0 Å². The Morgan fingerprint density at radius 1 is 1.22 bits per heavy atom. The monoisotopic (exact) mass is 467 g/mol. The van der Waals surface area contributed by atoms with Gasteiger partial charge < -0.3 is 20.1 Å². The van der Waals surface area contributed by atoms with Gasteiger partial charge in [-0.05, 0) is 29.8 Å². The van der Waals surface area contributed by atoms with Gasteiger partial charge >= 0.3 is 5.97 Å². The molecule has 8 nitrogen and oxygen atoms in total. The Balaban J connectivity index is 1.76. The number of carbonyl (C=O) groups excluding carboxylic acids is 1. The molecule has 0 spiro atoms. The zero-order chi connectivity index (χ0) is 22.8. The number of benzene rings is 2. The highest BCUT2D eigenvalue weighted by Crippen LogP contribution is 2.38. The zero-order valence-corrected chi connectivity index (χ0v) is 18.1. The summed E-state index contributed by atoms with van der Waals surface area (Å²) >= 11 is 12.7. The Morgan fingerprint density at radius 2 is 1.91 bits per heavy atom. The van der Waals surface area contributed by atoms with E-state index < -0.39 is 0 Å². The van der Waals surface area contributed by atoms with Crippen LogP contribution in [0.4, 0.5) is 11.5 Å². The van der Waals surface area contributed by atoms with Gasteiger partial charge in [0.2, 0.25) is 5.88 Å². The molecule has 0 aliphatic carbocycles. The van der Waals surface area contributed by atoms with Crippen LogP contribution >= 0.6 is 23.2 Å². The van der Waals surface area contributed by atoms with E-state index in [4.69, 9.17) is 28.5 Å². The van der Waals surface area contributed by atoms with Crippen LogP contribution in [-0.4, -0.2) is 33.1 Å². The molecule has 10 heteroatoms. The number of fused-ring (bicyclic) bond motifs is 1. The van der Waals surface area contributed by atoms with Gasteiger partial charge in [0.15, 0.2) is 5.82 Å². The molecule has 2 aromatic heterocycles. The molecule has 2 heterocycles. The van der Waals surface area contributed by atoms with Crippen molar-refractivity contribution in [3.8, 4) is 23.3 Å². The summed E-state index contributed by atoms with van der Waals surface area (Å²) in [5.41, 5.74) is 2.58. The molecule has 0 aliphatic rings. The maximum Gasteiger partial charge on any atom is 0.309 e. The average molecular weight is 468 g/mol. The summed E-state index contributed by atoms with van der Waals surface area (Å²) in [5.74, 6) is 0.108. The number of aromatic amines is 1. The Hall–Kier alpha value is -3.80. The van der Waals surface area contributed by atoms with E-state index in [0.717, 1.165) is 5.56 Å². The molecule has 32 heavy (non-hydrogen) atoms. The number of hydrogen-bond donors (Lipinski definition) is 3. The normalized spacial score (nSPS) is 10.7. The minimum atomic E-state index is -0.332. The highest BCUT2D eigenvalue weighted by molar-refractivity contribution is 6.39. The van der Waals surface area contributed by atoms with Crippen molar-refractivity contribution in [2.45, 2.75) is 6.42 Å². The number of H-pyrrole nitrogens is 1. The molecule has 0 bridgehead atoms. The van der Waals surface area contributed by atoms with Crippen molar-refractivity contribution in [3.63, 3.8) is 0 Å². The fourth-order valence-electron chi connectivity index (χ4n) is 3.16. The fourth-order valence-corrected chi connectivity index (χ4v) is 3.82. The van der Waals surface area contributed by atoms with Gasteiger partial charge in [0.1, 0.15) is 11.2 Å². The van der Waals surface area contributed by atoms with Gasteiger partial charge in [-0.15, -0.1) is 0 Å². The van der Waals surface area contributed by atoms with Gasteiger partial charge in [-0.3, -0.25) is 4.79 Å². The van der Waals surface area contributed by atoms with E-state index in [1.807, 2.05) is 6.07 Å². The lowest BCUT2D eigenvalue weighted by Gasteiger charge is -2.12. The number of esters is 1. The molecule has 2 aromatic carbocycles. The van der Waals surface area contributed by atoms with E-state index in [9.17, 15) is 9.90 Å². The number of anilines is 2. The second-order valence-corrected chi connectivity index (χ2v) is 7.61. The molecule has 0 amide bonds. The smallest absolute Gasteiger partial charge is 0.309 e. The maximum atomic E-state index is 11.5. The maximum absolute atomic E-state index is 11.5. The van der Waals surface area contributed by atoms with Crippen LogP contribution in [-0.2, 0) is 16.0 Å². The van der Waals surface area contributed by atoms with Gasteiger partial charge in [-0.25, -0.2) is 9.97 Å². The van der Waals surface area contributed by atoms with Gasteiger partial charge in [0.05, 0.1) is 46.3 Å². The summed E-state index contributed by atoms with van der Waals surface area (Å²) in [6.07, 6.45) is 1.69. The lowest BCUT2D eigenvalue weighted by atomic mass is 10.1. The van der Waals surface area contributed by atoms with Crippen molar-refractivity contribution in [2.75, 3.05) is 12.4 Å². The lowest BCUT2D eigenvalue weighted by Crippen LogP contribution is -2.04. The number of carbonyl (C=O) groups is 1. The van der Waals surface area contributed by atoms with Gasteiger partial charge in [-0.1, -0.05) is 35.3 Å². The van der Waals surface area contributed by atoms with Crippen LogP contribution in [0, 0.1) is 11.3 Å². The minimum Gasteiger partial charge on any atom is -0.494 e. The Morgan fingerprint density at radius 3 is 2.53 bits per heavy atom. The molecule has 0 atom stereocenters. The van der Waals surface area contributed by atoms with Crippen molar-refractivity contribution in [1.29, 1.82) is 5.26 Å². The largest absolute Gasteiger partial charge is 0.494 e. The number of aromatic nitrogens is 3. The minimum absolute atomic E-state index is 0.103. The van der Waals surface area contributed by atoms with E-state index in [0.29, 0.717) is 33.5 Å². The first-order valence-corrected chi connectivity index (χ1v) is 10.1. The molecule has 0 unspecified atom stereocenters. The van der Waals surface area contributed by atoms with Crippen LogP contribution in [0.5, 0.6) is 5.88 Å². The average Bonchev–Trinajstić information content (AvgIpc) is 3.15. The van der Waals surface area contributed by atoms with Gasteiger partial charge in [0.25, 0.3) is 0 Å². The zero-order valence-electron chi connectivity index (χ0n) is 16.6. The first kappa shape index (κ1) is 21.4. The van der Waals surface area contributed by atoms with Crippen molar-refractivity contribution in [2.24, 2.45) is 0 Å². The van der Waals surface area contributed by atoms with Crippen LogP contribution in [0.25, 0.3) is 22.3 Å². The van der Waals surface area contributed by atoms with E-state index in [1.165, 1.54) is 25.4 Å². The number of methoxy groups -OCH3 is 1. The van der Waals surface area contributed by atoms with E-state index in [1.54, 1.807) is 24.3 Å². The fraction of sp³-hybridized carbons (Fsp3) is 0.0909. The van der Waals surface area contributed by atoms with Crippen molar-refractivity contribution in [3.05, 3.63) is 63.8 Å². The summed E-state index contributed by atoms with van der Waals surface area (Å²) in [4.78, 5) is 23.2. The molecule has 4 rings (SSSR count). The number of ether oxygens (including phenoxy) is 1. The number of aromatic hydroxyl groups is 1. The van der Waals surface area contributed by atoms with Crippen LogP contribution < -0.4 is 5.32 Å². The van der Waals surface area contributed by atoms with Crippen molar-refractivity contribution >= 4 is 51.6 Å². The predicted octanol–water partition coefficient (Wildman–Crippen LogP) is 4.97. The molecule has 4 aromatic rings. The molecule has 0 aliphatic heterocycles. The van der Waals surface area contributed by atoms with Crippen LogP contribution in [0.3, 0.4) is 0 Å². The molecule has 0 saturated carbocycles. The molecule has 0 radical (unpaired) electrons. The molecule has 0 fully saturated rings. The van der Waals surface area contributed by atoms with Crippen LogP contribution in [0.2, 0.25) is 10.0 Å². The van der Waals surface area contributed by atoms with Crippen molar-refractivity contribution < 1.29 is 14.6 Å². The number of hydrogen-bond acceptors (Lipinski definition) is 7. The van der Waals surface area contributed by atoms with E-state index in [-0.39, 0.29) is 34.1 Å². The summed E-state index contributed by atoms with van der Waals surface area (Å²) in [7, 11) is 1.34. The highest BCUT2D eigenvalue weighted by atomic mass is 35.5. The Labute approximate surface area is 192 Å². The van der Waals surface area contributed by atoms with Crippen LogP contribution in [0.1, 0.15) is 11.1 Å². The van der Waals surface area contributed by atoms with Crippen LogP contribution in [0.15, 0.2) is 42.6 Å². The predicted molar refractivity (Wildman–Crippen MR) is 121 cm³/mol. The third-order valence-corrected chi connectivity index (χ3v) is 5.30. The second-order valence-electron chi connectivity index (χ2n) is 6.79. The third-order valence-electron chi connectivity index (χ3n) is 4.71. The van der Waals surface area contributed by atoms with Gasteiger partial charge in [0, 0.05) is 11.9 Å². The summed E-state index contributed by atoms with van der Waals surface area (Å²) in [6.45, 7) is 0. The third kappa shape index (κ3) is 4.17. The SMILES string of the molecule is COC(=O)Cc1ccc(Nc2nc(-c3c(Cl)cc(C#N)cc3Cl)nc3c[nH]c(O)c23)cc1. The molecular weight excluding hydrogens is 453 g/mol. The van der Waals surface area contributed by atoms with Gasteiger partial charge in [-0.2, -0.15) is 5.26 Å². The molecule has 160 valence electrons. The summed E-state index contributed by atoms with van der Waals surface area (Å²) in [5, 5.41) is 23.4. The molecule has 0 saturated heterocycles. The number of nitriles is 1. The second kappa shape index (κ2) is 8.75. The highest BCUT2D eigenvalue weighted by Gasteiger charge is 2.19. The Bertz CT molecular complexity index is 1350. The number of nitrogens with one attached hydrogen (secondary N) is 2.